The van der Waals surface area contributed by atoms with Crippen LogP contribution < -0.4 is 0 Å². The number of hydrogen-bond acceptors (Lipinski definition) is 7. The maximum Gasteiger partial charge on any atom is 0.267 e. The molecule has 0 heterocycles. The smallest absolute Gasteiger partial charge is 0.267 e. The molecule has 0 unspecified atom stereocenters. The Balaban J connectivity index is -0.0000000277. The maximum atomic E-state index is 9.49. The quantitative estimate of drug-likeness (QED) is 0.179. The molecule has 0 aromatic carbocycles. The molecule has 0 aliphatic heterocycles. The van der Waals surface area contributed by atoms with Gasteiger partial charge < -0.3 is 7.43 Å². The summed E-state index contributed by atoms with van der Waals surface area (Å²) in [6.07, 6.45) is 1.83. The number of aliphatic imine (C=N–C) groups is 3. The van der Waals surface area contributed by atoms with Crippen molar-refractivity contribution in [2.75, 3.05) is 0 Å². The third-order valence-electron chi connectivity index (χ3n) is 0.505. The first-order valence-corrected chi connectivity index (χ1v) is 2.62. The first kappa shape index (κ1) is 43.1. The van der Waals surface area contributed by atoms with Gasteiger partial charge in [-0.1, -0.05) is 7.43 Å². The minimum Gasteiger partial charge on any atom is -0.358 e. The topological polar surface area (TPSA) is 105 Å². The number of carbonyl (C=O) groups excluding carboxylic acids is 4. The summed E-state index contributed by atoms with van der Waals surface area (Å²) < 4.78 is 0. The molecule has 0 N–H and O–H groups in total. The van der Waals surface area contributed by atoms with Gasteiger partial charge in [-0.25, -0.2) is 19.2 Å². The van der Waals surface area contributed by atoms with E-state index in [9.17, 15) is 14.4 Å². The fourth-order valence-electron chi connectivity index (χ4n) is 0.228. The van der Waals surface area contributed by atoms with Crippen LogP contribution in [0.25, 0.3) is 0 Å². The van der Waals surface area contributed by atoms with Gasteiger partial charge >= 0.3 is 0 Å². The molecule has 0 aromatic heterocycles. The van der Waals surface area contributed by atoms with E-state index >= 15 is 0 Å². The molecule has 0 aliphatic carbocycles. The molecular formula is C8H10N3O4W3-. The molecule has 0 rings (SSSR count). The second kappa shape index (κ2) is 43.8. The summed E-state index contributed by atoms with van der Waals surface area (Å²) in [5.74, 6) is 1.25. The monoisotopic (exact) mass is 764 g/mol. The minimum atomic E-state index is -1.37. The molecule has 0 fully saturated rings. The van der Waals surface area contributed by atoms with Crippen LogP contribution in [0.2, 0.25) is 0 Å². The molecule has 7 nitrogen and oxygen atoms in total. The van der Waals surface area contributed by atoms with Crippen molar-refractivity contribution in [1.82, 2.24) is 0 Å². The number of rotatable bonds is 3. The Morgan fingerprint density at radius 1 is 0.778 bits per heavy atom. The first-order chi connectivity index (χ1) is 6.26. The zero-order valence-corrected chi connectivity index (χ0v) is 17.3. The van der Waals surface area contributed by atoms with E-state index in [4.69, 9.17) is 4.79 Å². The van der Waals surface area contributed by atoms with E-state index in [1.807, 2.05) is 0 Å². The average molecular weight is 764 g/mol. The zero-order chi connectivity index (χ0) is 10.5. The van der Waals surface area contributed by atoms with Crippen LogP contribution >= 0.6 is 0 Å². The predicted octanol–water partition coefficient (Wildman–Crippen LogP) is 0.360. The van der Waals surface area contributed by atoms with E-state index in [1.165, 1.54) is 5.94 Å². The van der Waals surface area contributed by atoms with E-state index in [0.29, 0.717) is 0 Å². The molecule has 0 bridgehead atoms. The van der Waals surface area contributed by atoms with Crippen molar-refractivity contribution in [3.05, 3.63) is 14.0 Å². The van der Waals surface area contributed by atoms with Crippen molar-refractivity contribution < 1.29 is 82.4 Å². The zero-order valence-electron chi connectivity index (χ0n) is 8.48. The van der Waals surface area contributed by atoms with Gasteiger partial charge in [0, 0.05) is 63.2 Å². The van der Waals surface area contributed by atoms with Crippen LogP contribution in [-0.4, -0.2) is 30.5 Å². The van der Waals surface area contributed by atoms with E-state index in [-0.39, 0.29) is 78.0 Å². The Morgan fingerprint density at radius 2 is 0.944 bits per heavy atom. The van der Waals surface area contributed by atoms with Crippen LogP contribution in [0.5, 0.6) is 0 Å². The van der Waals surface area contributed by atoms with Gasteiger partial charge in [-0.15, -0.1) is 0 Å². The van der Waals surface area contributed by atoms with Crippen molar-refractivity contribution in [3.63, 3.8) is 0 Å². The van der Waals surface area contributed by atoms with Crippen LogP contribution in [0.3, 0.4) is 0 Å². The summed E-state index contributed by atoms with van der Waals surface area (Å²) >= 11 is 0. The molecule has 0 aromatic rings. The normalized spacial score (nSPS) is 5.78. The van der Waals surface area contributed by atoms with E-state index in [1.54, 1.807) is 0 Å². The summed E-state index contributed by atoms with van der Waals surface area (Å²) in [7, 11) is 0. The van der Waals surface area contributed by atoms with E-state index in [2.05, 4.69) is 21.6 Å². The van der Waals surface area contributed by atoms with Crippen LogP contribution in [0.15, 0.2) is 21.6 Å². The Bertz CT molecular complexity index is 284. The third kappa shape index (κ3) is 44.9. The Hall–Kier alpha value is -0.345. The molecule has 0 atom stereocenters. The third-order valence-corrected chi connectivity index (χ3v) is 0.505. The van der Waals surface area contributed by atoms with Crippen LogP contribution in [0, 0.1) is 7.43 Å². The molecule has 0 radical (unpaired) electrons. The standard InChI is InChI=1S/C4HN3O3.C2H2O.CH4.CH3.3W/c8-1-5-4(6-2-9)7-3-10;1-2-3;;;;;/h4H;1H2;1H4;1H3;;;/q;;;-1;;;. The van der Waals surface area contributed by atoms with Crippen LogP contribution in [0.1, 0.15) is 7.43 Å². The minimum absolute atomic E-state index is 0. The maximum absolute atomic E-state index is 9.49. The summed E-state index contributed by atoms with van der Waals surface area (Å²) in [4.78, 5) is 45.6. The molecule has 0 aliphatic rings. The van der Waals surface area contributed by atoms with Gasteiger partial charge in [0.15, 0.2) is 0 Å². The fraction of sp³-hybridized carbons (Fsp3) is 0.250. The van der Waals surface area contributed by atoms with Gasteiger partial charge in [-0.2, -0.15) is 15.0 Å². The van der Waals surface area contributed by atoms with Crippen LogP contribution in [0.4, 0.5) is 0 Å². The Morgan fingerprint density at radius 3 is 1.06 bits per heavy atom. The van der Waals surface area contributed by atoms with E-state index in [0.717, 1.165) is 18.2 Å². The van der Waals surface area contributed by atoms with Gasteiger partial charge in [0.25, 0.3) is 6.29 Å². The fourth-order valence-corrected chi connectivity index (χ4v) is 0.228. The summed E-state index contributed by atoms with van der Waals surface area (Å²) in [5, 5.41) is 0. The van der Waals surface area contributed by atoms with Gasteiger partial charge in [-0.05, 0) is 6.58 Å². The van der Waals surface area contributed by atoms with Crippen molar-refractivity contribution in [2.24, 2.45) is 15.0 Å². The average Bonchev–Trinajstić information content (AvgIpc) is 2.07. The molecule has 0 saturated carbocycles. The van der Waals surface area contributed by atoms with Crippen molar-refractivity contribution in [3.8, 4) is 0 Å². The van der Waals surface area contributed by atoms with Gasteiger partial charge in [0.1, 0.15) is 5.94 Å². The van der Waals surface area contributed by atoms with Crippen molar-refractivity contribution in [2.45, 2.75) is 13.7 Å². The molecule has 0 saturated heterocycles. The van der Waals surface area contributed by atoms with E-state index < -0.39 is 6.29 Å². The van der Waals surface area contributed by atoms with Crippen molar-refractivity contribution in [1.29, 1.82) is 0 Å². The molecule has 100 valence electrons. The van der Waals surface area contributed by atoms with Gasteiger partial charge in [0.2, 0.25) is 18.2 Å². The predicted molar refractivity (Wildman–Crippen MR) is 52.6 cm³/mol. The summed E-state index contributed by atoms with van der Waals surface area (Å²) in [5.41, 5.74) is 0. The molecule has 10 heteroatoms. The van der Waals surface area contributed by atoms with Crippen LogP contribution in [-0.2, 0) is 82.4 Å². The SMILES string of the molecule is C.C=C=O.O=C=NC(N=C=O)N=C=O.[CH3-].[W].[W].[W]. The molecule has 0 spiro atoms. The number of nitrogens with zero attached hydrogens (tertiary/aromatic N) is 3. The molecule has 0 amide bonds. The number of isocyanates is 3. The molecule has 18 heavy (non-hydrogen) atoms. The second-order valence-electron chi connectivity index (χ2n) is 1.15. The molecular weight excluding hydrogens is 754 g/mol. The Kier molecular flexibility index (Phi) is 105. The largest absolute Gasteiger partial charge is 0.358 e. The van der Waals surface area contributed by atoms with Gasteiger partial charge in [0.05, 0.1) is 0 Å². The van der Waals surface area contributed by atoms with Crippen molar-refractivity contribution >= 4 is 24.2 Å². The second-order valence-corrected chi connectivity index (χ2v) is 1.15. The van der Waals surface area contributed by atoms with Gasteiger partial charge in [-0.3, -0.25) is 0 Å². The summed E-state index contributed by atoms with van der Waals surface area (Å²) in [6.45, 7) is 2.68. The number of hydrogen-bond donors (Lipinski definition) is 0. The first-order valence-electron chi connectivity index (χ1n) is 2.62. The Labute approximate surface area is 148 Å². The summed E-state index contributed by atoms with van der Waals surface area (Å²) in [6, 6.07) is 0.